The van der Waals surface area contributed by atoms with Gasteiger partial charge in [0.1, 0.15) is 0 Å². The number of hydrogen-bond acceptors (Lipinski definition) is 4. The zero-order valence-electron chi connectivity index (χ0n) is 11.2. The van der Waals surface area contributed by atoms with Crippen molar-refractivity contribution in [3.8, 4) is 0 Å². The van der Waals surface area contributed by atoms with Gasteiger partial charge in [-0.3, -0.25) is 0 Å². The van der Waals surface area contributed by atoms with Crippen LogP contribution in [0.2, 0.25) is 0 Å². The summed E-state index contributed by atoms with van der Waals surface area (Å²) in [4.78, 5) is 0. The van der Waals surface area contributed by atoms with Crippen molar-refractivity contribution in [3.63, 3.8) is 0 Å². The van der Waals surface area contributed by atoms with Crippen molar-refractivity contribution in [1.82, 2.24) is 5.32 Å². The van der Waals surface area contributed by atoms with Gasteiger partial charge in [0.15, 0.2) is 0 Å². The lowest BCUT2D eigenvalue weighted by atomic mass is 9.98. The summed E-state index contributed by atoms with van der Waals surface area (Å²) in [5, 5.41) is 13.0. The van der Waals surface area contributed by atoms with Gasteiger partial charge in [0.2, 0.25) is 0 Å². The van der Waals surface area contributed by atoms with Crippen LogP contribution in [0.5, 0.6) is 0 Å². The Morgan fingerprint density at radius 3 is 2.88 bits per heavy atom. The summed E-state index contributed by atoms with van der Waals surface area (Å²) >= 11 is 0. The van der Waals surface area contributed by atoms with E-state index in [4.69, 9.17) is 9.47 Å². The molecule has 0 amide bonds. The fourth-order valence-corrected chi connectivity index (χ4v) is 2.42. The van der Waals surface area contributed by atoms with E-state index in [1.165, 1.54) is 0 Å². The molecule has 4 nitrogen and oxygen atoms in total. The maximum atomic E-state index is 9.53. The van der Waals surface area contributed by atoms with Crippen LogP contribution in [-0.4, -0.2) is 50.2 Å². The van der Waals surface area contributed by atoms with Gasteiger partial charge in [0.05, 0.1) is 12.7 Å². The number of ether oxygens (including phenoxy) is 2. The summed E-state index contributed by atoms with van der Waals surface area (Å²) in [6, 6.07) is 0. The van der Waals surface area contributed by atoms with E-state index in [1.807, 2.05) is 0 Å². The lowest BCUT2D eigenvalue weighted by Gasteiger charge is -2.28. The van der Waals surface area contributed by atoms with Crippen molar-refractivity contribution in [3.05, 3.63) is 0 Å². The normalized spacial score (nSPS) is 28.8. The van der Waals surface area contributed by atoms with Crippen LogP contribution in [0.15, 0.2) is 0 Å². The summed E-state index contributed by atoms with van der Waals surface area (Å²) in [5.41, 5.74) is -0.0953. The summed E-state index contributed by atoms with van der Waals surface area (Å²) in [6.45, 7) is 4.84. The van der Waals surface area contributed by atoms with Gasteiger partial charge in [-0.05, 0) is 38.6 Å². The first-order chi connectivity index (χ1) is 8.26. The van der Waals surface area contributed by atoms with Crippen LogP contribution >= 0.6 is 0 Å². The van der Waals surface area contributed by atoms with E-state index in [-0.39, 0.29) is 12.1 Å². The van der Waals surface area contributed by atoms with Crippen molar-refractivity contribution < 1.29 is 14.6 Å². The Morgan fingerprint density at radius 2 is 2.24 bits per heavy atom. The zero-order valence-corrected chi connectivity index (χ0v) is 11.2. The summed E-state index contributed by atoms with van der Waals surface area (Å²) in [5.74, 6) is 0. The second-order valence-corrected chi connectivity index (χ2v) is 4.95. The van der Waals surface area contributed by atoms with Gasteiger partial charge in [0, 0.05) is 25.9 Å². The van der Waals surface area contributed by atoms with Crippen molar-refractivity contribution in [2.45, 2.75) is 50.7 Å². The Bertz CT molecular complexity index is 201. The molecular formula is C13H27NO3. The smallest absolute Gasteiger partial charge is 0.0614 e. The van der Waals surface area contributed by atoms with Crippen LogP contribution in [0.3, 0.4) is 0 Å². The van der Waals surface area contributed by atoms with Gasteiger partial charge >= 0.3 is 0 Å². The maximum absolute atomic E-state index is 9.53. The topological polar surface area (TPSA) is 50.7 Å². The molecule has 1 fully saturated rings. The van der Waals surface area contributed by atoms with Crippen LogP contribution < -0.4 is 5.32 Å². The maximum Gasteiger partial charge on any atom is 0.0614 e. The Kier molecular flexibility index (Phi) is 7.04. The second kappa shape index (κ2) is 8.03. The van der Waals surface area contributed by atoms with Crippen molar-refractivity contribution >= 4 is 0 Å². The van der Waals surface area contributed by atoms with Crippen LogP contribution in [0.25, 0.3) is 0 Å². The average molecular weight is 245 g/mol. The third kappa shape index (κ3) is 4.92. The molecule has 1 aliphatic carbocycles. The monoisotopic (exact) mass is 245 g/mol. The van der Waals surface area contributed by atoms with Gasteiger partial charge in [-0.2, -0.15) is 0 Å². The first-order valence-electron chi connectivity index (χ1n) is 6.73. The lowest BCUT2D eigenvalue weighted by molar-refractivity contribution is 0.0348. The molecule has 0 radical (unpaired) electrons. The number of aliphatic hydroxyl groups is 1. The Labute approximate surface area is 105 Å². The Balaban J connectivity index is 2.23. The molecule has 0 heterocycles. The predicted octanol–water partition coefficient (Wildman–Crippen LogP) is 1.32. The predicted molar refractivity (Wildman–Crippen MR) is 68.2 cm³/mol. The molecule has 0 aromatic carbocycles. The minimum Gasteiger partial charge on any atom is -0.394 e. The zero-order chi connectivity index (χ0) is 12.6. The molecule has 1 saturated carbocycles. The molecule has 2 atom stereocenters. The molecule has 0 bridgehead atoms. The molecule has 4 heteroatoms. The number of nitrogens with one attached hydrogen (secondary N) is 1. The van der Waals surface area contributed by atoms with E-state index in [0.29, 0.717) is 6.10 Å². The third-order valence-corrected chi connectivity index (χ3v) is 3.46. The number of methoxy groups -OCH3 is 1. The molecule has 1 rings (SSSR count). The van der Waals surface area contributed by atoms with E-state index in [0.717, 1.165) is 51.9 Å². The van der Waals surface area contributed by atoms with Gasteiger partial charge < -0.3 is 19.9 Å². The first kappa shape index (κ1) is 14.9. The van der Waals surface area contributed by atoms with Crippen LogP contribution in [0.4, 0.5) is 0 Å². The number of hydrogen-bond donors (Lipinski definition) is 2. The van der Waals surface area contributed by atoms with Crippen LogP contribution in [0.1, 0.15) is 39.0 Å². The molecule has 2 unspecified atom stereocenters. The largest absolute Gasteiger partial charge is 0.394 e. The molecule has 2 N–H and O–H groups in total. The standard InChI is InChI=1S/C13H27NO3/c1-3-7-14-13(11-15)6-5-12(10-13)17-9-4-8-16-2/h12,14-15H,3-11H2,1-2H3. The molecule has 17 heavy (non-hydrogen) atoms. The summed E-state index contributed by atoms with van der Waals surface area (Å²) in [7, 11) is 1.71. The highest BCUT2D eigenvalue weighted by molar-refractivity contribution is 4.96. The molecule has 102 valence electrons. The third-order valence-electron chi connectivity index (χ3n) is 3.46. The highest BCUT2D eigenvalue weighted by Crippen LogP contribution is 2.31. The second-order valence-electron chi connectivity index (χ2n) is 4.95. The molecule has 1 aliphatic rings. The van der Waals surface area contributed by atoms with Gasteiger partial charge in [-0.1, -0.05) is 6.92 Å². The van der Waals surface area contributed by atoms with Crippen molar-refractivity contribution in [1.29, 1.82) is 0 Å². The van der Waals surface area contributed by atoms with Crippen LogP contribution in [0, 0.1) is 0 Å². The summed E-state index contributed by atoms with van der Waals surface area (Å²) in [6.07, 6.45) is 5.32. The average Bonchev–Trinajstić information content (AvgIpc) is 2.77. The highest BCUT2D eigenvalue weighted by atomic mass is 16.5. The molecule has 0 aromatic heterocycles. The Morgan fingerprint density at radius 1 is 1.41 bits per heavy atom. The van der Waals surface area contributed by atoms with Crippen molar-refractivity contribution in [2.24, 2.45) is 0 Å². The van der Waals surface area contributed by atoms with E-state index in [2.05, 4.69) is 12.2 Å². The van der Waals surface area contributed by atoms with E-state index in [9.17, 15) is 5.11 Å². The minimum atomic E-state index is -0.0953. The van der Waals surface area contributed by atoms with E-state index >= 15 is 0 Å². The van der Waals surface area contributed by atoms with Gasteiger partial charge in [-0.15, -0.1) is 0 Å². The quantitative estimate of drug-likeness (QED) is 0.602. The number of rotatable bonds is 9. The SMILES string of the molecule is CCCNC1(CO)CCC(OCCCOC)C1. The van der Waals surface area contributed by atoms with Gasteiger partial charge in [0.25, 0.3) is 0 Å². The minimum absolute atomic E-state index is 0.0953. The molecule has 0 aliphatic heterocycles. The summed E-state index contributed by atoms with van der Waals surface area (Å²) < 4.78 is 10.8. The molecule has 0 spiro atoms. The molecule has 0 saturated heterocycles. The van der Waals surface area contributed by atoms with Crippen molar-refractivity contribution in [2.75, 3.05) is 33.5 Å². The highest BCUT2D eigenvalue weighted by Gasteiger charge is 2.38. The van der Waals surface area contributed by atoms with E-state index in [1.54, 1.807) is 7.11 Å². The van der Waals surface area contributed by atoms with Gasteiger partial charge in [-0.25, -0.2) is 0 Å². The lowest BCUT2D eigenvalue weighted by Crippen LogP contribution is -2.47. The molecule has 0 aromatic rings. The fraction of sp³-hybridized carbons (Fsp3) is 1.00. The first-order valence-corrected chi connectivity index (χ1v) is 6.73. The van der Waals surface area contributed by atoms with Crippen LogP contribution in [-0.2, 0) is 9.47 Å². The fourth-order valence-electron chi connectivity index (χ4n) is 2.42. The molecular weight excluding hydrogens is 218 g/mol. The number of aliphatic hydroxyl groups excluding tert-OH is 1. The van der Waals surface area contributed by atoms with E-state index < -0.39 is 0 Å². The Hall–Kier alpha value is -0.160.